The van der Waals surface area contributed by atoms with E-state index in [0.717, 1.165) is 25.1 Å². The number of hydrogen-bond acceptors (Lipinski definition) is 7. The van der Waals surface area contributed by atoms with Crippen LogP contribution in [0.5, 0.6) is 0 Å². The van der Waals surface area contributed by atoms with Gasteiger partial charge in [0, 0.05) is 19.5 Å². The van der Waals surface area contributed by atoms with E-state index in [1.165, 1.54) is 6.92 Å². The highest BCUT2D eigenvalue weighted by molar-refractivity contribution is 5.80. The molecule has 0 spiro atoms. The molecule has 0 aromatic rings. The van der Waals surface area contributed by atoms with E-state index < -0.39 is 23.6 Å². The van der Waals surface area contributed by atoms with Crippen LogP contribution in [-0.4, -0.2) is 70.6 Å². The van der Waals surface area contributed by atoms with Crippen LogP contribution in [0.1, 0.15) is 40.5 Å². The zero-order valence-corrected chi connectivity index (χ0v) is 15.4. The highest BCUT2D eigenvalue weighted by Crippen LogP contribution is 2.32. The number of aliphatic hydroxyl groups excluding tert-OH is 1. The Morgan fingerprint density at radius 3 is 2.64 bits per heavy atom. The maximum Gasteiger partial charge on any atom is 0.341 e. The molecule has 7 heteroatoms. The molecule has 25 heavy (non-hydrogen) atoms. The fourth-order valence-corrected chi connectivity index (χ4v) is 3.53. The summed E-state index contributed by atoms with van der Waals surface area (Å²) < 4.78 is 10.8. The molecule has 0 aromatic heterocycles. The van der Waals surface area contributed by atoms with Crippen LogP contribution in [0.25, 0.3) is 0 Å². The van der Waals surface area contributed by atoms with Crippen LogP contribution >= 0.6 is 0 Å². The number of carbonyl (C=O) groups is 2. The van der Waals surface area contributed by atoms with E-state index in [-0.39, 0.29) is 24.7 Å². The molecule has 0 bridgehead atoms. The third-order valence-electron chi connectivity index (χ3n) is 5.20. The molecule has 0 radical (unpaired) electrons. The lowest BCUT2D eigenvalue weighted by atomic mass is 9.85. The van der Waals surface area contributed by atoms with Gasteiger partial charge in [-0.3, -0.25) is 9.69 Å². The van der Waals surface area contributed by atoms with E-state index in [1.54, 1.807) is 20.8 Å². The number of nitrogens with zero attached hydrogens (tertiary/aromatic N) is 1. The Hall–Kier alpha value is -1.44. The first-order valence-electron chi connectivity index (χ1n) is 8.91. The van der Waals surface area contributed by atoms with Gasteiger partial charge in [0.1, 0.15) is 12.7 Å². The predicted octanol–water partition coefficient (Wildman–Crippen LogP) is 0.634. The first-order chi connectivity index (χ1) is 11.7. The average molecular weight is 355 g/mol. The van der Waals surface area contributed by atoms with Crippen molar-refractivity contribution in [3.8, 4) is 0 Å². The number of aliphatic hydroxyl groups is 2. The maximum atomic E-state index is 12.3. The standard InChI is InChI=1S/C18H29NO6/c1-5-15(21)25-14-7-9-19-8-6-13(16(14)19)10-24-17(22)18(23,11(2)3)12(4)20/h6,11-12,14,16,20,23H,5,7-10H2,1-4H3/t12-,14+,16+,18-/m0/s1. The SMILES string of the molecule is CCC(=O)O[C@@H]1CCN2CC=C(COC(=O)[C@](O)(C(C)C)[C@H](C)O)[C@H]12. The predicted molar refractivity (Wildman–Crippen MR) is 90.7 cm³/mol. The Balaban J connectivity index is 2.00. The van der Waals surface area contributed by atoms with Crippen LogP contribution in [-0.2, 0) is 19.1 Å². The summed E-state index contributed by atoms with van der Waals surface area (Å²) in [5.41, 5.74) is -1.07. The number of ether oxygens (including phenoxy) is 2. The normalized spacial score (nSPS) is 26.8. The molecular weight excluding hydrogens is 326 g/mol. The first-order valence-corrected chi connectivity index (χ1v) is 8.91. The Labute approximate surface area is 148 Å². The lowest BCUT2D eigenvalue weighted by Crippen LogP contribution is -2.53. The molecular formula is C18H29NO6. The molecule has 2 N–H and O–H groups in total. The van der Waals surface area contributed by atoms with Crippen LogP contribution in [0.2, 0.25) is 0 Å². The van der Waals surface area contributed by atoms with Gasteiger partial charge >= 0.3 is 11.9 Å². The lowest BCUT2D eigenvalue weighted by molar-refractivity contribution is -0.184. The molecule has 0 amide bonds. The summed E-state index contributed by atoms with van der Waals surface area (Å²) in [5, 5.41) is 20.3. The van der Waals surface area contributed by atoms with Gasteiger partial charge in [0.25, 0.3) is 0 Å². The third kappa shape index (κ3) is 3.88. The lowest BCUT2D eigenvalue weighted by Gasteiger charge is -2.32. The Bertz CT molecular complexity index is 534. The fraction of sp³-hybridized carbons (Fsp3) is 0.778. The van der Waals surface area contributed by atoms with Crippen LogP contribution < -0.4 is 0 Å². The highest BCUT2D eigenvalue weighted by atomic mass is 16.6. The summed E-state index contributed by atoms with van der Waals surface area (Å²) in [7, 11) is 0. The summed E-state index contributed by atoms with van der Waals surface area (Å²) in [4.78, 5) is 26.1. The number of carbonyl (C=O) groups excluding carboxylic acids is 2. The van der Waals surface area contributed by atoms with Crippen molar-refractivity contribution in [1.82, 2.24) is 4.90 Å². The van der Waals surface area contributed by atoms with E-state index in [9.17, 15) is 19.8 Å². The second-order valence-electron chi connectivity index (χ2n) is 7.12. The van der Waals surface area contributed by atoms with Gasteiger partial charge in [-0.05, 0) is 24.8 Å². The number of esters is 2. The molecule has 142 valence electrons. The second-order valence-corrected chi connectivity index (χ2v) is 7.12. The minimum absolute atomic E-state index is 0.0158. The summed E-state index contributed by atoms with van der Waals surface area (Å²) in [6.45, 7) is 8.00. The van der Waals surface area contributed by atoms with E-state index in [1.807, 2.05) is 6.08 Å². The summed E-state index contributed by atoms with van der Waals surface area (Å²) in [6, 6.07) is -0.0815. The smallest absolute Gasteiger partial charge is 0.341 e. The molecule has 0 aliphatic carbocycles. The van der Waals surface area contributed by atoms with Crippen LogP contribution in [0, 0.1) is 5.92 Å². The molecule has 1 fully saturated rings. The van der Waals surface area contributed by atoms with Crippen molar-refractivity contribution in [3.05, 3.63) is 11.6 Å². The van der Waals surface area contributed by atoms with Crippen molar-refractivity contribution in [3.63, 3.8) is 0 Å². The molecule has 7 nitrogen and oxygen atoms in total. The molecule has 4 atom stereocenters. The second kappa shape index (κ2) is 7.85. The number of hydrogen-bond donors (Lipinski definition) is 2. The quantitative estimate of drug-likeness (QED) is 0.511. The van der Waals surface area contributed by atoms with Crippen LogP contribution in [0.4, 0.5) is 0 Å². The van der Waals surface area contributed by atoms with Crippen molar-refractivity contribution in [1.29, 1.82) is 0 Å². The summed E-state index contributed by atoms with van der Waals surface area (Å²) >= 11 is 0. The number of rotatable bonds is 7. The molecule has 2 aliphatic rings. The highest BCUT2D eigenvalue weighted by Gasteiger charge is 2.47. The monoisotopic (exact) mass is 355 g/mol. The molecule has 1 saturated heterocycles. The van der Waals surface area contributed by atoms with Crippen molar-refractivity contribution in [2.24, 2.45) is 5.92 Å². The molecule has 0 saturated carbocycles. The minimum atomic E-state index is -1.94. The zero-order valence-electron chi connectivity index (χ0n) is 15.4. The van der Waals surface area contributed by atoms with Gasteiger partial charge in [0.05, 0.1) is 12.1 Å². The van der Waals surface area contributed by atoms with Gasteiger partial charge in [-0.15, -0.1) is 0 Å². The first kappa shape index (κ1) is 19.9. The molecule has 2 rings (SSSR count). The zero-order chi connectivity index (χ0) is 18.8. The molecule has 2 heterocycles. The third-order valence-corrected chi connectivity index (χ3v) is 5.20. The Morgan fingerprint density at radius 1 is 1.40 bits per heavy atom. The maximum absolute atomic E-state index is 12.3. The van der Waals surface area contributed by atoms with E-state index in [4.69, 9.17) is 9.47 Å². The van der Waals surface area contributed by atoms with Gasteiger partial charge in [0.15, 0.2) is 5.60 Å². The summed E-state index contributed by atoms with van der Waals surface area (Å²) in [5.74, 6) is -1.56. The van der Waals surface area contributed by atoms with E-state index in [2.05, 4.69) is 4.90 Å². The van der Waals surface area contributed by atoms with Crippen molar-refractivity contribution >= 4 is 11.9 Å². The summed E-state index contributed by atoms with van der Waals surface area (Å²) in [6.07, 6.45) is 1.58. The molecule has 0 aromatic carbocycles. The van der Waals surface area contributed by atoms with Gasteiger partial charge in [-0.1, -0.05) is 26.8 Å². The van der Waals surface area contributed by atoms with Gasteiger partial charge in [-0.2, -0.15) is 0 Å². The van der Waals surface area contributed by atoms with E-state index >= 15 is 0 Å². The van der Waals surface area contributed by atoms with Crippen molar-refractivity contribution in [2.75, 3.05) is 19.7 Å². The molecule has 2 aliphatic heterocycles. The van der Waals surface area contributed by atoms with Gasteiger partial charge in [-0.25, -0.2) is 4.79 Å². The largest absolute Gasteiger partial charge is 0.460 e. The average Bonchev–Trinajstić information content (AvgIpc) is 3.14. The minimum Gasteiger partial charge on any atom is -0.460 e. The van der Waals surface area contributed by atoms with E-state index in [0.29, 0.717) is 6.42 Å². The van der Waals surface area contributed by atoms with Gasteiger partial charge in [0.2, 0.25) is 0 Å². The Morgan fingerprint density at radius 2 is 2.08 bits per heavy atom. The van der Waals surface area contributed by atoms with Crippen molar-refractivity contribution in [2.45, 2.75) is 64.4 Å². The number of fused-ring (bicyclic) bond motifs is 1. The van der Waals surface area contributed by atoms with Crippen molar-refractivity contribution < 1.29 is 29.3 Å². The van der Waals surface area contributed by atoms with Crippen LogP contribution in [0.15, 0.2) is 11.6 Å². The Kier molecular flexibility index (Phi) is 6.24. The van der Waals surface area contributed by atoms with Gasteiger partial charge < -0.3 is 19.7 Å². The fourth-order valence-electron chi connectivity index (χ4n) is 3.53. The topological polar surface area (TPSA) is 96.3 Å². The van der Waals surface area contributed by atoms with Crippen LogP contribution in [0.3, 0.4) is 0 Å². The molecule has 0 unspecified atom stereocenters.